The van der Waals surface area contributed by atoms with Gasteiger partial charge in [-0.15, -0.1) is 0 Å². The molecule has 1 amide bonds. The van der Waals surface area contributed by atoms with Gasteiger partial charge in [-0.05, 0) is 17.7 Å². The molecule has 1 aliphatic heterocycles. The van der Waals surface area contributed by atoms with Crippen molar-refractivity contribution in [2.45, 2.75) is 12.5 Å². The van der Waals surface area contributed by atoms with Crippen LogP contribution in [0.2, 0.25) is 0 Å². The number of nitrogens with one attached hydrogen (secondary N) is 1. The van der Waals surface area contributed by atoms with E-state index in [1.54, 1.807) is 6.07 Å². The van der Waals surface area contributed by atoms with E-state index in [4.69, 9.17) is 5.26 Å². The van der Waals surface area contributed by atoms with E-state index < -0.39 is 17.8 Å². The molecule has 15 heavy (non-hydrogen) atoms. The largest absolute Gasteiger partial charge is 0.383 e. The van der Waals surface area contributed by atoms with E-state index in [9.17, 15) is 14.3 Å². The van der Waals surface area contributed by atoms with Crippen LogP contribution in [0.25, 0.3) is 0 Å². The average Bonchev–Trinajstić information content (AvgIpc) is 2.20. The Bertz CT molecular complexity index is 479. The standard InChI is InChI=1S/C10H7FN2O2/c11-7-1-5-3-9(14)10(15)13-8(5)2-6(7)4-12/h1-2,9,14H,3H2,(H,13,15). The fourth-order valence-electron chi connectivity index (χ4n) is 1.50. The minimum Gasteiger partial charge on any atom is -0.383 e. The zero-order chi connectivity index (χ0) is 11.0. The number of rotatable bonds is 0. The number of carbonyl (C=O) groups is 1. The van der Waals surface area contributed by atoms with Crippen LogP contribution in [0.15, 0.2) is 12.1 Å². The minimum atomic E-state index is -1.15. The third-order valence-electron chi connectivity index (χ3n) is 2.29. The highest BCUT2D eigenvalue weighted by Gasteiger charge is 2.25. The molecule has 0 bridgehead atoms. The van der Waals surface area contributed by atoms with Gasteiger partial charge in [0.25, 0.3) is 5.91 Å². The Kier molecular flexibility index (Phi) is 2.14. The fraction of sp³-hybridized carbons (Fsp3) is 0.200. The van der Waals surface area contributed by atoms with E-state index in [1.165, 1.54) is 6.07 Å². The van der Waals surface area contributed by atoms with E-state index in [-0.39, 0.29) is 12.0 Å². The number of halogens is 1. The number of fused-ring (bicyclic) bond motifs is 1. The number of benzene rings is 1. The Morgan fingerprint density at radius 1 is 1.60 bits per heavy atom. The molecule has 0 aliphatic carbocycles. The van der Waals surface area contributed by atoms with Crippen LogP contribution < -0.4 is 5.32 Å². The Balaban J connectivity index is 2.51. The average molecular weight is 206 g/mol. The lowest BCUT2D eigenvalue weighted by molar-refractivity contribution is -0.124. The lowest BCUT2D eigenvalue weighted by Gasteiger charge is -2.21. The second-order valence-corrected chi connectivity index (χ2v) is 3.31. The van der Waals surface area contributed by atoms with Crippen molar-refractivity contribution in [3.63, 3.8) is 0 Å². The highest BCUT2D eigenvalue weighted by molar-refractivity contribution is 5.97. The third-order valence-corrected chi connectivity index (χ3v) is 2.29. The van der Waals surface area contributed by atoms with Gasteiger partial charge in [-0.25, -0.2) is 4.39 Å². The summed E-state index contributed by atoms with van der Waals surface area (Å²) in [6.45, 7) is 0. The summed E-state index contributed by atoms with van der Waals surface area (Å²) in [5.41, 5.74) is 0.771. The van der Waals surface area contributed by atoms with Crippen molar-refractivity contribution >= 4 is 11.6 Å². The molecule has 2 N–H and O–H groups in total. The molecule has 1 aromatic rings. The van der Waals surface area contributed by atoms with Gasteiger partial charge in [-0.1, -0.05) is 0 Å². The normalized spacial score (nSPS) is 19.0. The summed E-state index contributed by atoms with van der Waals surface area (Å²) in [6.07, 6.45) is -1.08. The molecular weight excluding hydrogens is 199 g/mol. The zero-order valence-corrected chi connectivity index (χ0v) is 7.62. The zero-order valence-electron chi connectivity index (χ0n) is 7.62. The van der Waals surface area contributed by atoms with Gasteiger partial charge in [0.1, 0.15) is 18.0 Å². The quantitative estimate of drug-likeness (QED) is 0.651. The molecule has 1 unspecified atom stereocenters. The summed E-state index contributed by atoms with van der Waals surface area (Å²) in [6, 6.07) is 4.12. The van der Waals surface area contributed by atoms with Gasteiger partial charge in [0.05, 0.1) is 5.56 Å². The van der Waals surface area contributed by atoms with E-state index in [0.717, 1.165) is 6.07 Å². The van der Waals surface area contributed by atoms with Crippen molar-refractivity contribution in [1.82, 2.24) is 0 Å². The van der Waals surface area contributed by atoms with Crippen molar-refractivity contribution in [2.75, 3.05) is 5.32 Å². The van der Waals surface area contributed by atoms with E-state index in [1.807, 2.05) is 0 Å². The summed E-state index contributed by atoms with van der Waals surface area (Å²) in [7, 11) is 0. The number of hydrogen-bond acceptors (Lipinski definition) is 3. The van der Waals surface area contributed by atoms with Crippen molar-refractivity contribution in [1.29, 1.82) is 5.26 Å². The lowest BCUT2D eigenvalue weighted by Crippen LogP contribution is -2.34. The molecule has 1 aliphatic rings. The predicted molar refractivity (Wildman–Crippen MR) is 49.5 cm³/mol. The van der Waals surface area contributed by atoms with E-state index >= 15 is 0 Å². The van der Waals surface area contributed by atoms with Gasteiger partial charge < -0.3 is 10.4 Å². The maximum Gasteiger partial charge on any atom is 0.253 e. The van der Waals surface area contributed by atoms with Gasteiger partial charge in [-0.2, -0.15) is 5.26 Å². The van der Waals surface area contributed by atoms with Gasteiger partial charge in [0.15, 0.2) is 0 Å². The second-order valence-electron chi connectivity index (χ2n) is 3.31. The van der Waals surface area contributed by atoms with Crippen molar-refractivity contribution < 1.29 is 14.3 Å². The first-order valence-corrected chi connectivity index (χ1v) is 4.33. The number of carbonyl (C=O) groups excluding carboxylic acids is 1. The van der Waals surface area contributed by atoms with Crippen LogP contribution >= 0.6 is 0 Å². The van der Waals surface area contributed by atoms with Crippen LogP contribution in [-0.2, 0) is 11.2 Å². The molecule has 76 valence electrons. The maximum atomic E-state index is 13.2. The highest BCUT2D eigenvalue weighted by atomic mass is 19.1. The molecule has 0 saturated carbocycles. The Morgan fingerprint density at radius 3 is 3.00 bits per heavy atom. The highest BCUT2D eigenvalue weighted by Crippen LogP contribution is 2.25. The molecule has 0 spiro atoms. The first-order chi connectivity index (χ1) is 7.11. The molecular formula is C10H7FN2O2. The van der Waals surface area contributed by atoms with Gasteiger partial charge in [0.2, 0.25) is 0 Å². The number of amides is 1. The first kappa shape index (κ1) is 9.62. The maximum absolute atomic E-state index is 13.2. The van der Waals surface area contributed by atoms with Crippen LogP contribution in [0.5, 0.6) is 0 Å². The van der Waals surface area contributed by atoms with E-state index in [2.05, 4.69) is 5.32 Å². The number of nitrogens with zero attached hydrogens (tertiary/aromatic N) is 1. The van der Waals surface area contributed by atoms with Crippen molar-refractivity contribution in [3.05, 3.63) is 29.1 Å². The summed E-state index contributed by atoms with van der Waals surface area (Å²) < 4.78 is 13.2. The molecule has 1 heterocycles. The summed E-state index contributed by atoms with van der Waals surface area (Å²) in [5, 5.41) is 20.2. The monoisotopic (exact) mass is 206 g/mol. The molecule has 5 heteroatoms. The topological polar surface area (TPSA) is 73.1 Å². The van der Waals surface area contributed by atoms with Crippen molar-refractivity contribution in [2.24, 2.45) is 0 Å². The lowest BCUT2D eigenvalue weighted by atomic mass is 9.99. The number of nitriles is 1. The SMILES string of the molecule is N#Cc1cc2c(cc1F)CC(O)C(=O)N2. The molecule has 1 aromatic carbocycles. The van der Waals surface area contributed by atoms with Crippen LogP contribution in [0, 0.1) is 17.1 Å². The summed E-state index contributed by atoms with van der Waals surface area (Å²) in [4.78, 5) is 11.1. The number of aliphatic hydroxyl groups excluding tert-OH is 1. The molecule has 0 radical (unpaired) electrons. The summed E-state index contributed by atoms with van der Waals surface area (Å²) in [5.74, 6) is -1.17. The van der Waals surface area contributed by atoms with Crippen molar-refractivity contribution in [3.8, 4) is 6.07 Å². The number of aliphatic hydroxyl groups is 1. The van der Waals surface area contributed by atoms with Gasteiger partial charge >= 0.3 is 0 Å². The molecule has 4 nitrogen and oxygen atoms in total. The van der Waals surface area contributed by atoms with Crippen LogP contribution in [0.4, 0.5) is 10.1 Å². The Labute approximate surface area is 84.9 Å². The van der Waals surface area contributed by atoms with Gasteiger partial charge in [-0.3, -0.25) is 4.79 Å². The fourth-order valence-corrected chi connectivity index (χ4v) is 1.50. The second kappa shape index (κ2) is 3.33. The molecule has 2 rings (SSSR count). The predicted octanol–water partition coefficient (Wildman–Crippen LogP) is 0.553. The molecule has 0 fully saturated rings. The third kappa shape index (κ3) is 1.55. The molecule has 0 aromatic heterocycles. The smallest absolute Gasteiger partial charge is 0.253 e. The van der Waals surface area contributed by atoms with Crippen LogP contribution in [0.3, 0.4) is 0 Å². The molecule has 0 saturated heterocycles. The number of hydrogen-bond donors (Lipinski definition) is 2. The van der Waals surface area contributed by atoms with Gasteiger partial charge in [0, 0.05) is 12.1 Å². The molecule has 1 atom stereocenters. The minimum absolute atomic E-state index is 0.0732. The Hall–Kier alpha value is -1.93. The first-order valence-electron chi connectivity index (χ1n) is 4.33. The Morgan fingerprint density at radius 2 is 2.33 bits per heavy atom. The van der Waals surface area contributed by atoms with Crippen LogP contribution in [0.1, 0.15) is 11.1 Å². The number of anilines is 1. The summed E-state index contributed by atoms with van der Waals surface area (Å²) >= 11 is 0. The van der Waals surface area contributed by atoms with Crippen LogP contribution in [-0.4, -0.2) is 17.1 Å². The van der Waals surface area contributed by atoms with E-state index in [0.29, 0.717) is 11.3 Å².